The summed E-state index contributed by atoms with van der Waals surface area (Å²) in [7, 11) is 4.17. The molecule has 1 aliphatic rings. The van der Waals surface area contributed by atoms with Crippen molar-refractivity contribution in [2.75, 3.05) is 14.1 Å². The van der Waals surface area contributed by atoms with E-state index >= 15 is 0 Å². The van der Waals surface area contributed by atoms with Crippen molar-refractivity contribution < 1.29 is 4.79 Å². The Morgan fingerprint density at radius 2 is 1.73 bits per heavy atom. The molecule has 1 aliphatic carbocycles. The van der Waals surface area contributed by atoms with E-state index in [9.17, 15) is 4.79 Å². The Morgan fingerprint density at radius 3 is 2.36 bits per heavy atom. The van der Waals surface area contributed by atoms with Gasteiger partial charge in [0.1, 0.15) is 0 Å². The van der Waals surface area contributed by atoms with Crippen LogP contribution in [0.2, 0.25) is 0 Å². The third kappa shape index (κ3) is 2.13. The number of nitrogens with two attached hydrogens (primary N) is 1. The van der Waals surface area contributed by atoms with Gasteiger partial charge in [0.2, 0.25) is 5.91 Å². The molecule has 3 heteroatoms. The zero-order valence-corrected chi connectivity index (χ0v) is 13.1. The monoisotopic (exact) mass is 294 g/mol. The van der Waals surface area contributed by atoms with Crippen LogP contribution in [0.15, 0.2) is 54.6 Å². The van der Waals surface area contributed by atoms with Gasteiger partial charge >= 0.3 is 0 Å². The maximum absolute atomic E-state index is 12.5. The normalized spacial score (nSPS) is 24.0. The van der Waals surface area contributed by atoms with E-state index in [0.717, 1.165) is 24.0 Å². The standard InChI is InChI=1S/C19H22N2O/c1-21(2)17-12-13-19(18(20)22,14-8-4-3-5-9-14)16-11-7-6-10-15(16)17/h3-11,17H,12-13H2,1-2H3,(H2,20,22)/t17-,19-/m0/s1. The van der Waals surface area contributed by atoms with Gasteiger partial charge in [0, 0.05) is 6.04 Å². The molecule has 22 heavy (non-hydrogen) atoms. The van der Waals surface area contributed by atoms with E-state index in [1.54, 1.807) is 0 Å². The maximum atomic E-state index is 12.5. The number of fused-ring (bicyclic) bond motifs is 1. The summed E-state index contributed by atoms with van der Waals surface area (Å²) < 4.78 is 0. The zero-order chi connectivity index (χ0) is 15.7. The largest absolute Gasteiger partial charge is 0.369 e. The molecule has 0 saturated heterocycles. The predicted octanol–water partition coefficient (Wildman–Crippen LogP) is 2.85. The molecule has 0 saturated carbocycles. The molecule has 0 unspecified atom stereocenters. The molecular weight excluding hydrogens is 272 g/mol. The molecule has 0 heterocycles. The van der Waals surface area contributed by atoms with Crippen molar-refractivity contribution in [3.05, 3.63) is 71.3 Å². The molecule has 2 aromatic rings. The summed E-state index contributed by atoms with van der Waals surface area (Å²) in [5.74, 6) is -0.261. The van der Waals surface area contributed by atoms with E-state index in [2.05, 4.69) is 31.1 Å². The lowest BCUT2D eigenvalue weighted by atomic mass is 9.64. The van der Waals surface area contributed by atoms with Crippen molar-refractivity contribution >= 4 is 5.91 Å². The van der Waals surface area contributed by atoms with Crippen molar-refractivity contribution in [3.8, 4) is 0 Å². The van der Waals surface area contributed by atoms with Crippen molar-refractivity contribution in [1.82, 2.24) is 4.90 Å². The van der Waals surface area contributed by atoms with Crippen LogP contribution in [0.3, 0.4) is 0 Å². The van der Waals surface area contributed by atoms with Gasteiger partial charge in [-0.3, -0.25) is 4.79 Å². The molecule has 2 atom stereocenters. The van der Waals surface area contributed by atoms with E-state index in [1.807, 2.05) is 42.5 Å². The maximum Gasteiger partial charge on any atom is 0.232 e. The number of benzene rings is 2. The van der Waals surface area contributed by atoms with E-state index in [4.69, 9.17) is 5.73 Å². The minimum absolute atomic E-state index is 0.261. The van der Waals surface area contributed by atoms with Crippen molar-refractivity contribution in [2.45, 2.75) is 24.3 Å². The second-order valence-electron chi connectivity index (χ2n) is 6.24. The van der Waals surface area contributed by atoms with Crippen LogP contribution in [0.25, 0.3) is 0 Å². The number of carbonyl (C=O) groups excluding carboxylic acids is 1. The summed E-state index contributed by atoms with van der Waals surface area (Å²) in [5.41, 5.74) is 8.46. The first-order valence-electron chi connectivity index (χ1n) is 7.68. The van der Waals surface area contributed by atoms with Crippen molar-refractivity contribution in [2.24, 2.45) is 5.73 Å². The summed E-state index contributed by atoms with van der Waals surface area (Å²) in [6.45, 7) is 0. The summed E-state index contributed by atoms with van der Waals surface area (Å²) in [6, 6.07) is 18.5. The number of hydrogen-bond acceptors (Lipinski definition) is 2. The lowest BCUT2D eigenvalue weighted by Gasteiger charge is -2.42. The molecule has 3 rings (SSSR count). The Balaban J connectivity index is 2.25. The van der Waals surface area contributed by atoms with Gasteiger partial charge in [-0.1, -0.05) is 54.6 Å². The number of amides is 1. The predicted molar refractivity (Wildman–Crippen MR) is 88.5 cm³/mol. The molecule has 2 N–H and O–H groups in total. The highest BCUT2D eigenvalue weighted by molar-refractivity contribution is 5.91. The quantitative estimate of drug-likeness (QED) is 0.946. The van der Waals surface area contributed by atoms with Crippen molar-refractivity contribution in [3.63, 3.8) is 0 Å². The third-order valence-corrected chi connectivity index (χ3v) is 4.88. The number of nitrogens with zero attached hydrogens (tertiary/aromatic N) is 1. The van der Waals surface area contributed by atoms with Crippen LogP contribution in [0, 0.1) is 0 Å². The Hall–Kier alpha value is -2.13. The van der Waals surface area contributed by atoms with Gasteiger partial charge in [-0.15, -0.1) is 0 Å². The van der Waals surface area contributed by atoms with Gasteiger partial charge in [0.05, 0.1) is 5.41 Å². The average Bonchev–Trinajstić information content (AvgIpc) is 2.54. The highest BCUT2D eigenvalue weighted by Gasteiger charge is 2.46. The number of rotatable bonds is 3. The fourth-order valence-corrected chi connectivity index (χ4v) is 3.78. The molecule has 1 amide bonds. The lowest BCUT2D eigenvalue weighted by Crippen LogP contribution is -2.46. The van der Waals surface area contributed by atoms with Crippen LogP contribution in [0.4, 0.5) is 0 Å². The van der Waals surface area contributed by atoms with E-state index in [0.29, 0.717) is 6.04 Å². The Labute approximate surface area is 131 Å². The highest BCUT2D eigenvalue weighted by Crippen LogP contribution is 2.47. The van der Waals surface area contributed by atoms with Gasteiger partial charge in [-0.05, 0) is 43.6 Å². The molecule has 0 aliphatic heterocycles. The zero-order valence-electron chi connectivity index (χ0n) is 13.1. The topological polar surface area (TPSA) is 46.3 Å². The summed E-state index contributed by atoms with van der Waals surface area (Å²) in [6.07, 6.45) is 1.66. The SMILES string of the molecule is CN(C)[C@H]1CC[C@](C(N)=O)(c2ccccc2)c2ccccc21. The van der Waals surface area contributed by atoms with Crippen LogP contribution in [-0.2, 0) is 10.2 Å². The fourth-order valence-electron chi connectivity index (χ4n) is 3.78. The Morgan fingerprint density at radius 1 is 1.09 bits per heavy atom. The number of hydrogen-bond donors (Lipinski definition) is 1. The molecule has 0 spiro atoms. The number of carbonyl (C=O) groups is 1. The summed E-state index contributed by atoms with van der Waals surface area (Å²) >= 11 is 0. The first kappa shape index (κ1) is 14.8. The van der Waals surface area contributed by atoms with Crippen molar-refractivity contribution in [1.29, 1.82) is 0 Å². The minimum Gasteiger partial charge on any atom is -0.369 e. The van der Waals surface area contributed by atoms with E-state index in [-0.39, 0.29) is 5.91 Å². The van der Waals surface area contributed by atoms with Gasteiger partial charge in [0.15, 0.2) is 0 Å². The fraction of sp³-hybridized carbons (Fsp3) is 0.316. The molecule has 3 nitrogen and oxygen atoms in total. The van der Waals surface area contributed by atoms with Crippen LogP contribution in [-0.4, -0.2) is 24.9 Å². The number of primary amides is 1. The Kier molecular flexibility index (Phi) is 3.75. The molecule has 2 aromatic carbocycles. The van der Waals surface area contributed by atoms with Gasteiger partial charge in [-0.25, -0.2) is 0 Å². The summed E-state index contributed by atoms with van der Waals surface area (Å²) in [5, 5.41) is 0. The van der Waals surface area contributed by atoms with Crippen LogP contribution >= 0.6 is 0 Å². The van der Waals surface area contributed by atoms with Gasteiger partial charge in [0.25, 0.3) is 0 Å². The second kappa shape index (κ2) is 5.58. The molecule has 0 radical (unpaired) electrons. The Bertz CT molecular complexity index is 681. The molecular formula is C19H22N2O. The smallest absolute Gasteiger partial charge is 0.232 e. The molecule has 0 aromatic heterocycles. The molecule has 0 bridgehead atoms. The van der Waals surface area contributed by atoms with Crippen LogP contribution in [0.5, 0.6) is 0 Å². The minimum atomic E-state index is -0.718. The average molecular weight is 294 g/mol. The van der Waals surface area contributed by atoms with Gasteiger partial charge < -0.3 is 10.6 Å². The van der Waals surface area contributed by atoms with Crippen LogP contribution in [0.1, 0.15) is 35.6 Å². The second-order valence-corrected chi connectivity index (χ2v) is 6.24. The van der Waals surface area contributed by atoms with E-state index in [1.165, 1.54) is 5.56 Å². The lowest BCUT2D eigenvalue weighted by molar-refractivity contribution is -0.122. The van der Waals surface area contributed by atoms with E-state index < -0.39 is 5.41 Å². The first-order valence-corrected chi connectivity index (χ1v) is 7.68. The van der Waals surface area contributed by atoms with Crippen LogP contribution < -0.4 is 5.73 Å². The summed E-state index contributed by atoms with van der Waals surface area (Å²) in [4.78, 5) is 14.7. The first-order chi connectivity index (χ1) is 10.6. The third-order valence-electron chi connectivity index (χ3n) is 4.88. The molecule has 0 fully saturated rings. The molecule has 114 valence electrons. The highest BCUT2D eigenvalue weighted by atomic mass is 16.1. The van der Waals surface area contributed by atoms with Gasteiger partial charge in [-0.2, -0.15) is 0 Å².